The number of nitriles is 1. The topological polar surface area (TPSA) is 189 Å². The molecule has 6 heterocycles. The summed E-state index contributed by atoms with van der Waals surface area (Å²) in [5.41, 5.74) is 4.87. The Morgan fingerprint density at radius 3 is 2.27 bits per heavy atom. The van der Waals surface area contributed by atoms with Crippen LogP contribution in [0.25, 0.3) is 0 Å². The minimum absolute atomic E-state index is 0.0971. The molecule has 66 heavy (non-hydrogen) atoms. The number of nitrogens with zero attached hydrogens (tertiary/aromatic N) is 7. The first-order valence-corrected chi connectivity index (χ1v) is 21.8. The number of carboxylic acids is 1. The van der Waals surface area contributed by atoms with Crippen molar-refractivity contribution in [3.8, 4) is 11.8 Å². The number of hydrogen-bond acceptors (Lipinski definition) is 12. The minimum Gasteiger partial charge on any atom is -0.487 e. The number of hydrogen-bond donors (Lipinski definition) is 2. The molecule has 2 N–H and O–H groups in total. The number of aromatic nitrogens is 2. The van der Waals surface area contributed by atoms with Gasteiger partial charge in [-0.05, 0) is 98.1 Å². The fourth-order valence-corrected chi connectivity index (χ4v) is 9.51. The van der Waals surface area contributed by atoms with Gasteiger partial charge in [0.1, 0.15) is 18.4 Å². The molecule has 19 heteroatoms. The molecule has 1 aromatic heterocycles. The number of fused-ring (bicyclic) bond motifs is 1. The van der Waals surface area contributed by atoms with Gasteiger partial charge in [-0.25, -0.2) is 14.8 Å². The maximum Gasteiger partial charge on any atom is 0.490 e. The fraction of sp³-hybridized carbons (Fsp3) is 0.404. The standard InChI is InChI=1S/C45H45ClN8O5.C2HF3O2/c1-44(2,31-17-28(21-47)18-32(46)19-31)30-3-6-35(7-4-30)59-25-33-11-14-48-43(49-33)53-26-45(27-53)12-15-51(16-13-45)22-29-23-52(24-29)34-5-8-36-37(20-34)42(58)54(41(36)57)38-9-10-39(55)50-40(38)56;3-2(4,5)1(6)7/h3-8,11,14,17-20,29,38H,9-10,12-13,15-16,22-27H2,1-2H3,(H,50,55,56);(H,6,7). The van der Waals surface area contributed by atoms with Gasteiger partial charge in [0.25, 0.3) is 11.8 Å². The average Bonchev–Trinajstić information content (AvgIpc) is 3.50. The monoisotopic (exact) mass is 926 g/mol. The van der Waals surface area contributed by atoms with E-state index in [0.717, 1.165) is 97.8 Å². The number of nitrogens with one attached hydrogen (secondary N) is 1. The van der Waals surface area contributed by atoms with Crippen LogP contribution >= 0.6 is 11.6 Å². The number of aliphatic carboxylic acids is 1. The molecule has 4 amide bonds. The molecule has 15 nitrogen and oxygen atoms in total. The summed E-state index contributed by atoms with van der Waals surface area (Å²) >= 11 is 6.30. The average molecular weight is 927 g/mol. The summed E-state index contributed by atoms with van der Waals surface area (Å²) in [5.74, 6) is -2.70. The predicted molar refractivity (Wildman–Crippen MR) is 234 cm³/mol. The number of ether oxygens (including phenoxy) is 1. The summed E-state index contributed by atoms with van der Waals surface area (Å²) in [6, 6.07) is 21.9. The highest BCUT2D eigenvalue weighted by atomic mass is 35.5. The molecule has 1 spiro atoms. The van der Waals surface area contributed by atoms with E-state index in [-0.39, 0.29) is 29.6 Å². The Morgan fingerprint density at radius 1 is 0.939 bits per heavy atom. The third-order valence-electron chi connectivity index (χ3n) is 13.2. The first kappa shape index (κ1) is 46.0. The summed E-state index contributed by atoms with van der Waals surface area (Å²) in [4.78, 5) is 76.8. The van der Waals surface area contributed by atoms with Gasteiger partial charge in [0, 0.05) is 72.8 Å². The quantitative estimate of drug-likeness (QED) is 0.177. The van der Waals surface area contributed by atoms with Gasteiger partial charge in [-0.15, -0.1) is 0 Å². The summed E-state index contributed by atoms with van der Waals surface area (Å²) in [5, 5.41) is 19.3. The lowest BCUT2D eigenvalue weighted by Crippen LogP contribution is -2.62. The molecule has 4 fully saturated rings. The Balaban J connectivity index is 0.000000785. The van der Waals surface area contributed by atoms with E-state index in [1.807, 2.05) is 48.5 Å². The molecule has 5 aliphatic heterocycles. The molecule has 4 saturated heterocycles. The first-order valence-electron chi connectivity index (χ1n) is 21.5. The Bertz CT molecular complexity index is 2620. The molecular weight excluding hydrogens is 881 g/mol. The largest absolute Gasteiger partial charge is 0.490 e. The summed E-state index contributed by atoms with van der Waals surface area (Å²) in [7, 11) is 0. The van der Waals surface area contributed by atoms with Crippen molar-refractivity contribution in [2.45, 2.75) is 63.8 Å². The van der Waals surface area contributed by atoms with Gasteiger partial charge in [-0.2, -0.15) is 18.4 Å². The normalized spacial score (nSPS) is 19.6. The van der Waals surface area contributed by atoms with Crippen LogP contribution in [0.2, 0.25) is 5.02 Å². The van der Waals surface area contributed by atoms with E-state index in [1.165, 1.54) is 0 Å². The SMILES string of the molecule is CC(C)(c1ccc(OCc2ccnc(N3CC4(CCN(CC5CN(c6ccc7c(c6)C(=O)N(C6CCC(=O)NC6=O)C7=O)C5)CC4)C3)n2)cc1)c1cc(Cl)cc(C#N)c1.O=C(O)C(F)(F)F. The second-order valence-electron chi connectivity index (χ2n) is 18.0. The molecule has 0 radical (unpaired) electrons. The number of piperidine rings is 2. The number of halogens is 4. The molecule has 4 aromatic rings. The first-order chi connectivity index (χ1) is 31.3. The highest BCUT2D eigenvalue weighted by molar-refractivity contribution is 6.30. The number of likely N-dealkylation sites (tertiary alicyclic amines) is 1. The molecule has 9 rings (SSSR count). The number of imide groups is 2. The molecule has 0 saturated carbocycles. The van der Waals surface area contributed by atoms with Crippen molar-refractivity contribution in [3.63, 3.8) is 0 Å². The van der Waals surface area contributed by atoms with Crippen LogP contribution in [0.3, 0.4) is 0 Å². The lowest BCUT2D eigenvalue weighted by molar-refractivity contribution is -0.192. The van der Waals surface area contributed by atoms with Crippen molar-refractivity contribution < 1.29 is 47.0 Å². The zero-order chi connectivity index (χ0) is 47.1. The van der Waals surface area contributed by atoms with Crippen LogP contribution in [0.5, 0.6) is 5.75 Å². The van der Waals surface area contributed by atoms with Crippen molar-refractivity contribution in [1.29, 1.82) is 5.26 Å². The van der Waals surface area contributed by atoms with E-state index in [4.69, 9.17) is 31.2 Å². The van der Waals surface area contributed by atoms with Gasteiger partial charge in [-0.3, -0.25) is 29.4 Å². The van der Waals surface area contributed by atoms with Crippen LogP contribution in [-0.4, -0.2) is 113 Å². The highest BCUT2D eigenvalue weighted by Crippen LogP contribution is 2.42. The van der Waals surface area contributed by atoms with Crippen molar-refractivity contribution in [1.82, 2.24) is 25.1 Å². The van der Waals surface area contributed by atoms with Crippen LogP contribution in [0.15, 0.2) is 72.9 Å². The van der Waals surface area contributed by atoms with Crippen LogP contribution in [-0.2, 0) is 26.4 Å². The number of carboxylic acid groups (broad SMARTS) is 1. The maximum absolute atomic E-state index is 13.3. The van der Waals surface area contributed by atoms with E-state index in [0.29, 0.717) is 34.2 Å². The van der Waals surface area contributed by atoms with Gasteiger partial charge in [0.05, 0.1) is 28.5 Å². The second kappa shape index (κ2) is 18.0. The molecule has 0 bridgehead atoms. The highest BCUT2D eigenvalue weighted by Gasteiger charge is 2.47. The van der Waals surface area contributed by atoms with Gasteiger partial charge >= 0.3 is 12.1 Å². The van der Waals surface area contributed by atoms with Crippen LogP contribution in [0, 0.1) is 22.7 Å². The van der Waals surface area contributed by atoms with E-state index in [2.05, 4.69) is 44.9 Å². The molecule has 1 unspecified atom stereocenters. The van der Waals surface area contributed by atoms with Crippen molar-refractivity contribution in [2.24, 2.45) is 11.3 Å². The van der Waals surface area contributed by atoms with Crippen molar-refractivity contribution >= 4 is 52.8 Å². The number of rotatable bonds is 10. The van der Waals surface area contributed by atoms with Crippen molar-refractivity contribution in [3.05, 3.63) is 111 Å². The number of carbonyl (C=O) groups excluding carboxylic acids is 4. The van der Waals surface area contributed by atoms with Gasteiger partial charge in [-0.1, -0.05) is 37.6 Å². The lowest BCUT2D eigenvalue weighted by atomic mass is 9.72. The zero-order valence-corrected chi connectivity index (χ0v) is 36.9. The Morgan fingerprint density at radius 2 is 1.62 bits per heavy atom. The van der Waals surface area contributed by atoms with Gasteiger partial charge < -0.3 is 24.5 Å². The summed E-state index contributed by atoms with van der Waals surface area (Å²) in [6.45, 7) is 11.3. The van der Waals surface area contributed by atoms with Crippen LogP contribution < -0.4 is 19.9 Å². The van der Waals surface area contributed by atoms with E-state index < -0.39 is 35.9 Å². The number of carbonyl (C=O) groups is 5. The lowest BCUT2D eigenvalue weighted by Gasteiger charge is -2.54. The van der Waals surface area contributed by atoms with E-state index in [1.54, 1.807) is 24.4 Å². The second-order valence-corrected chi connectivity index (χ2v) is 18.5. The van der Waals surface area contributed by atoms with Crippen molar-refractivity contribution in [2.75, 3.05) is 55.6 Å². The third-order valence-corrected chi connectivity index (χ3v) is 13.4. The smallest absolute Gasteiger partial charge is 0.487 e. The summed E-state index contributed by atoms with van der Waals surface area (Å²) < 4.78 is 37.9. The van der Waals surface area contributed by atoms with E-state index in [9.17, 15) is 37.6 Å². The minimum atomic E-state index is -5.08. The van der Waals surface area contributed by atoms with Gasteiger partial charge in [0.15, 0.2) is 0 Å². The maximum atomic E-state index is 13.3. The molecule has 3 aromatic carbocycles. The predicted octanol–water partition coefficient (Wildman–Crippen LogP) is 5.98. The third kappa shape index (κ3) is 9.54. The van der Waals surface area contributed by atoms with Gasteiger partial charge in [0.2, 0.25) is 17.8 Å². The molecule has 344 valence electrons. The Kier molecular flexibility index (Phi) is 12.5. The van der Waals surface area contributed by atoms with Crippen LogP contribution in [0.4, 0.5) is 24.8 Å². The number of amides is 4. The van der Waals surface area contributed by atoms with E-state index >= 15 is 0 Å². The summed E-state index contributed by atoms with van der Waals surface area (Å²) in [6.07, 6.45) is -0.768. The molecular formula is C47H46ClF3N8O7. The molecule has 0 aliphatic carbocycles. The Labute approximate surface area is 383 Å². The Hall–Kier alpha value is -6.58. The fourth-order valence-electron chi connectivity index (χ4n) is 9.27. The van der Waals surface area contributed by atoms with Crippen LogP contribution in [0.1, 0.15) is 82.6 Å². The number of alkyl halides is 3. The number of anilines is 2. The zero-order valence-electron chi connectivity index (χ0n) is 36.1. The number of benzene rings is 3. The molecule has 5 aliphatic rings. The molecule has 1 atom stereocenters.